The van der Waals surface area contributed by atoms with E-state index in [0.29, 0.717) is 0 Å². The Labute approximate surface area is 58.1 Å². The Bertz CT molecular complexity index is 275. The van der Waals surface area contributed by atoms with Crippen LogP contribution in [0.25, 0.3) is 0 Å². The van der Waals surface area contributed by atoms with Crippen LogP contribution in [0.15, 0.2) is 0 Å². The van der Waals surface area contributed by atoms with Crippen LogP contribution >= 0.6 is 0 Å². The molecule has 0 bridgehead atoms. The summed E-state index contributed by atoms with van der Waals surface area (Å²) in [5, 5.41) is 10.1. The Morgan fingerprint density at radius 3 is 1.64 bits per heavy atom. The fraction of sp³-hybridized carbons (Fsp3) is 0. The zero-order valence-corrected chi connectivity index (χ0v) is 4.87. The average Bonchev–Trinajstić information content (AvgIpc) is 1.97. The van der Waals surface area contributed by atoms with E-state index in [4.69, 9.17) is 0 Å². The summed E-state index contributed by atoms with van der Waals surface area (Å²) in [5.41, 5.74) is 0. The number of hydrogen-bond acceptors (Lipinski definition) is 2. The molecule has 11 heavy (non-hydrogen) atoms. The van der Waals surface area contributed by atoms with Crippen LogP contribution in [-0.4, -0.2) is 4.98 Å². The quantitative estimate of drug-likeness (QED) is 0.420. The van der Waals surface area contributed by atoms with E-state index in [0.717, 1.165) is 0 Å². The van der Waals surface area contributed by atoms with Crippen molar-refractivity contribution in [3.8, 4) is 5.75 Å². The maximum atomic E-state index is 12.0. The molecule has 0 aromatic carbocycles. The molecule has 0 unspecified atom stereocenters. The van der Waals surface area contributed by atoms with Crippen molar-refractivity contribution in [2.24, 2.45) is 0 Å². The number of rotatable bonds is 0. The first kappa shape index (κ1) is 7.77. The molecule has 0 fully saturated rings. The van der Waals surface area contributed by atoms with Crippen LogP contribution in [-0.2, 0) is 0 Å². The summed E-state index contributed by atoms with van der Waals surface area (Å²) in [6.45, 7) is 0. The second kappa shape index (κ2) is 2.37. The molecule has 0 aliphatic rings. The number of hydrogen-bond donors (Lipinski definition) is 0. The summed E-state index contributed by atoms with van der Waals surface area (Å²) in [4.78, 5) is 2.15. The first-order valence-corrected chi connectivity index (χ1v) is 2.41. The molecule has 0 saturated carbocycles. The molecule has 0 aliphatic heterocycles. The lowest BCUT2D eigenvalue weighted by Gasteiger charge is -2.07. The van der Waals surface area contributed by atoms with Gasteiger partial charge in [0.15, 0.2) is 11.6 Å². The maximum absolute atomic E-state index is 12.0. The fourth-order valence-corrected chi connectivity index (χ4v) is 0.468. The van der Waals surface area contributed by atoms with E-state index in [1.807, 2.05) is 0 Å². The zero-order valence-electron chi connectivity index (χ0n) is 4.87. The Balaban J connectivity index is 3.46. The molecule has 0 aliphatic carbocycles. The van der Waals surface area contributed by atoms with E-state index in [-0.39, 0.29) is 0 Å². The predicted molar refractivity (Wildman–Crippen MR) is 23.5 cm³/mol. The van der Waals surface area contributed by atoms with Gasteiger partial charge in [-0.15, -0.1) is 0 Å². The van der Waals surface area contributed by atoms with Crippen molar-refractivity contribution >= 4 is 0 Å². The highest BCUT2D eigenvalue weighted by atomic mass is 19.2. The summed E-state index contributed by atoms with van der Waals surface area (Å²) in [7, 11) is 0. The van der Waals surface area contributed by atoms with Crippen molar-refractivity contribution in [2.45, 2.75) is 0 Å². The molecule has 0 radical (unpaired) electrons. The third-order valence-electron chi connectivity index (χ3n) is 0.957. The minimum Gasteiger partial charge on any atom is -0.868 e. The average molecular weight is 166 g/mol. The Morgan fingerprint density at radius 1 is 0.909 bits per heavy atom. The van der Waals surface area contributed by atoms with Gasteiger partial charge in [-0.25, -0.2) is 8.78 Å². The molecular weight excluding hydrogens is 166 g/mol. The maximum Gasteiger partial charge on any atom is 0.251 e. The van der Waals surface area contributed by atoms with Crippen LogP contribution < -0.4 is 5.11 Å². The van der Waals surface area contributed by atoms with Gasteiger partial charge in [0.25, 0.3) is 11.9 Å². The molecule has 6 heteroatoms. The Hall–Kier alpha value is -1.33. The zero-order chi connectivity index (χ0) is 8.59. The van der Waals surface area contributed by atoms with E-state index in [1.54, 1.807) is 0 Å². The normalized spacial score (nSPS) is 10.2. The standard InChI is InChI=1S/C5HF4NO/c6-1-3(11)2(7)5(9)10-4(1)8/h(H,10,11)/p-1. The van der Waals surface area contributed by atoms with Gasteiger partial charge >= 0.3 is 0 Å². The van der Waals surface area contributed by atoms with E-state index in [9.17, 15) is 22.7 Å². The van der Waals surface area contributed by atoms with Gasteiger partial charge in [-0.05, 0) is 5.75 Å². The van der Waals surface area contributed by atoms with Crippen molar-refractivity contribution in [1.29, 1.82) is 0 Å². The highest BCUT2D eigenvalue weighted by Gasteiger charge is 2.13. The molecule has 1 rings (SSSR count). The number of halogens is 4. The van der Waals surface area contributed by atoms with Gasteiger partial charge in [-0.2, -0.15) is 13.8 Å². The first-order valence-electron chi connectivity index (χ1n) is 2.41. The molecule has 60 valence electrons. The molecule has 0 saturated heterocycles. The summed E-state index contributed by atoms with van der Waals surface area (Å²) in [6.07, 6.45) is 0. The lowest BCUT2D eigenvalue weighted by Crippen LogP contribution is -2.06. The number of aromatic nitrogens is 1. The van der Waals surface area contributed by atoms with E-state index in [2.05, 4.69) is 4.98 Å². The smallest absolute Gasteiger partial charge is 0.251 e. The molecular formula is C5F4NO-. The topological polar surface area (TPSA) is 36.0 Å². The summed E-state index contributed by atoms with van der Waals surface area (Å²) >= 11 is 0. The largest absolute Gasteiger partial charge is 0.868 e. The van der Waals surface area contributed by atoms with E-state index >= 15 is 0 Å². The van der Waals surface area contributed by atoms with Crippen LogP contribution in [0.5, 0.6) is 5.75 Å². The van der Waals surface area contributed by atoms with Crippen LogP contribution in [0, 0.1) is 23.5 Å². The van der Waals surface area contributed by atoms with Crippen LogP contribution in [0.3, 0.4) is 0 Å². The van der Waals surface area contributed by atoms with Crippen molar-refractivity contribution < 1.29 is 22.7 Å². The van der Waals surface area contributed by atoms with Gasteiger partial charge in [0.05, 0.1) is 0 Å². The molecule has 2 nitrogen and oxygen atoms in total. The molecule has 0 N–H and O–H groups in total. The van der Waals surface area contributed by atoms with Crippen LogP contribution in [0.1, 0.15) is 0 Å². The SMILES string of the molecule is [O-]c1c(F)c(F)nc(F)c1F. The second-order valence-electron chi connectivity index (χ2n) is 1.65. The van der Waals surface area contributed by atoms with E-state index in [1.165, 1.54) is 0 Å². The highest BCUT2D eigenvalue weighted by Crippen LogP contribution is 2.19. The van der Waals surface area contributed by atoms with Gasteiger partial charge in [0.1, 0.15) is 0 Å². The van der Waals surface area contributed by atoms with Gasteiger partial charge in [-0.1, -0.05) is 0 Å². The summed E-state index contributed by atoms with van der Waals surface area (Å²) < 4.78 is 47.9. The van der Waals surface area contributed by atoms with Gasteiger partial charge < -0.3 is 5.11 Å². The second-order valence-corrected chi connectivity index (χ2v) is 1.65. The summed E-state index contributed by atoms with van der Waals surface area (Å²) in [5.74, 6) is -9.84. The Morgan fingerprint density at radius 2 is 1.27 bits per heavy atom. The third-order valence-corrected chi connectivity index (χ3v) is 0.957. The minimum absolute atomic E-state index is 1.94. The molecule has 1 aromatic rings. The highest BCUT2D eigenvalue weighted by molar-refractivity contribution is 5.20. The summed E-state index contributed by atoms with van der Waals surface area (Å²) in [6, 6.07) is 0. The molecule has 1 heterocycles. The van der Waals surface area contributed by atoms with Gasteiger partial charge in [-0.3, -0.25) is 0 Å². The number of pyridine rings is 1. The van der Waals surface area contributed by atoms with Crippen molar-refractivity contribution in [2.75, 3.05) is 0 Å². The lowest BCUT2D eigenvalue weighted by molar-refractivity contribution is -0.277. The molecule has 0 atom stereocenters. The minimum atomic E-state index is -2.01. The first-order chi connectivity index (χ1) is 5.04. The van der Waals surface area contributed by atoms with Crippen LogP contribution in [0.4, 0.5) is 17.6 Å². The van der Waals surface area contributed by atoms with Crippen LogP contribution in [0.2, 0.25) is 0 Å². The van der Waals surface area contributed by atoms with Gasteiger partial charge in [0, 0.05) is 0 Å². The predicted octanol–water partition coefficient (Wildman–Crippen LogP) is 0.712. The molecule has 0 amide bonds. The fourth-order valence-electron chi connectivity index (χ4n) is 0.468. The lowest BCUT2D eigenvalue weighted by atomic mass is 10.4. The Kier molecular flexibility index (Phi) is 1.67. The monoisotopic (exact) mass is 166 g/mol. The van der Waals surface area contributed by atoms with Gasteiger partial charge in [0.2, 0.25) is 0 Å². The third kappa shape index (κ3) is 1.11. The molecule has 1 aromatic heterocycles. The number of nitrogens with zero attached hydrogens (tertiary/aromatic N) is 1. The molecule has 0 spiro atoms. The van der Waals surface area contributed by atoms with Crippen molar-refractivity contribution in [3.63, 3.8) is 0 Å². The van der Waals surface area contributed by atoms with E-state index < -0.39 is 29.3 Å². The van der Waals surface area contributed by atoms with Crippen molar-refractivity contribution in [3.05, 3.63) is 23.5 Å². The van der Waals surface area contributed by atoms with Crippen molar-refractivity contribution in [1.82, 2.24) is 4.98 Å².